The van der Waals surface area contributed by atoms with Gasteiger partial charge in [0.2, 0.25) is 0 Å². The van der Waals surface area contributed by atoms with Gasteiger partial charge in [-0.15, -0.1) is 0 Å². The minimum absolute atomic E-state index is 0.236. The molecule has 0 heterocycles. The maximum Gasteiger partial charge on any atom is 0.315 e. The lowest BCUT2D eigenvalue weighted by molar-refractivity contribution is -0.135. The summed E-state index contributed by atoms with van der Waals surface area (Å²) in [7, 11) is 1.49. The van der Waals surface area contributed by atoms with E-state index in [0.29, 0.717) is 16.9 Å². The zero-order valence-corrected chi connectivity index (χ0v) is 8.65. The van der Waals surface area contributed by atoms with Crippen LogP contribution in [0, 0.1) is 23.2 Å². The van der Waals surface area contributed by atoms with Gasteiger partial charge < -0.3 is 9.84 Å². The van der Waals surface area contributed by atoms with Crippen LogP contribution in [0.1, 0.15) is 17.5 Å². The molecule has 80 valence electrons. The molecule has 0 aromatic heterocycles. The van der Waals surface area contributed by atoms with Gasteiger partial charge in [-0.05, 0) is 18.2 Å². The highest BCUT2D eigenvalue weighted by atomic mass is 16.5. The molecule has 0 amide bonds. The van der Waals surface area contributed by atoms with Crippen LogP contribution >= 0.6 is 0 Å². The number of carbonyl (C=O) groups is 1. The van der Waals surface area contributed by atoms with Crippen molar-refractivity contribution in [3.05, 3.63) is 29.3 Å². The van der Waals surface area contributed by atoms with Crippen molar-refractivity contribution in [1.82, 2.24) is 0 Å². The molecule has 1 rings (SSSR count). The molecule has 4 nitrogen and oxygen atoms in total. The number of aliphatic carboxylic acids is 1. The van der Waals surface area contributed by atoms with Crippen LogP contribution < -0.4 is 4.74 Å². The van der Waals surface area contributed by atoms with Crippen molar-refractivity contribution in [2.45, 2.75) is 6.42 Å². The average Bonchev–Trinajstić information content (AvgIpc) is 2.28. The molecule has 0 bridgehead atoms. The van der Waals surface area contributed by atoms with Gasteiger partial charge in [-0.2, -0.15) is 5.26 Å². The van der Waals surface area contributed by atoms with Crippen molar-refractivity contribution in [2.75, 3.05) is 7.11 Å². The SMILES string of the molecule is COc1ccc(C#N)cc1C#CCC(=O)O. The minimum atomic E-state index is -0.983. The number of nitrogens with zero attached hydrogens (tertiary/aromatic N) is 1. The molecule has 0 atom stereocenters. The third-order valence-corrected chi connectivity index (χ3v) is 1.79. The van der Waals surface area contributed by atoms with E-state index in [1.165, 1.54) is 7.11 Å². The molecule has 0 radical (unpaired) electrons. The maximum absolute atomic E-state index is 10.3. The van der Waals surface area contributed by atoms with Crippen molar-refractivity contribution in [3.8, 4) is 23.7 Å². The number of nitriles is 1. The van der Waals surface area contributed by atoms with Gasteiger partial charge in [-0.1, -0.05) is 11.8 Å². The van der Waals surface area contributed by atoms with Crippen LogP contribution in [0.15, 0.2) is 18.2 Å². The first-order valence-corrected chi connectivity index (χ1v) is 4.46. The van der Waals surface area contributed by atoms with E-state index in [4.69, 9.17) is 15.1 Å². The maximum atomic E-state index is 10.3. The van der Waals surface area contributed by atoms with Gasteiger partial charge in [-0.3, -0.25) is 4.79 Å². The second kappa shape index (κ2) is 5.43. The van der Waals surface area contributed by atoms with Gasteiger partial charge in [0.15, 0.2) is 0 Å². The number of rotatable bonds is 2. The first kappa shape index (κ1) is 11.6. The standard InChI is InChI=1S/C12H9NO3/c1-16-11-6-5-9(8-13)7-10(11)3-2-4-12(14)15/h5-7H,4H2,1H3,(H,14,15). The summed E-state index contributed by atoms with van der Waals surface area (Å²) in [6, 6.07) is 6.78. The summed E-state index contributed by atoms with van der Waals surface area (Å²) in [6.07, 6.45) is -0.236. The van der Waals surface area contributed by atoms with Crippen molar-refractivity contribution < 1.29 is 14.6 Å². The van der Waals surface area contributed by atoms with Gasteiger partial charge in [0.25, 0.3) is 0 Å². The van der Waals surface area contributed by atoms with E-state index < -0.39 is 5.97 Å². The molecule has 1 N–H and O–H groups in total. The molecule has 0 saturated carbocycles. The Balaban J connectivity index is 3.04. The molecule has 0 unspecified atom stereocenters. The topological polar surface area (TPSA) is 70.3 Å². The summed E-state index contributed by atoms with van der Waals surface area (Å²) in [5, 5.41) is 17.1. The third-order valence-electron chi connectivity index (χ3n) is 1.79. The normalized spacial score (nSPS) is 8.50. The van der Waals surface area contributed by atoms with Crippen LogP contribution in [0.2, 0.25) is 0 Å². The fourth-order valence-corrected chi connectivity index (χ4v) is 1.09. The van der Waals surface area contributed by atoms with Gasteiger partial charge in [-0.25, -0.2) is 0 Å². The molecule has 0 spiro atoms. The first-order chi connectivity index (χ1) is 7.67. The monoisotopic (exact) mass is 215 g/mol. The Labute approximate surface area is 93.1 Å². The van der Waals surface area contributed by atoms with Crippen LogP contribution in [0.3, 0.4) is 0 Å². The van der Waals surface area contributed by atoms with Crippen molar-refractivity contribution >= 4 is 5.97 Å². The molecule has 16 heavy (non-hydrogen) atoms. The second-order valence-electron chi connectivity index (χ2n) is 2.90. The quantitative estimate of drug-likeness (QED) is 0.757. The number of ether oxygens (including phenoxy) is 1. The van der Waals surface area contributed by atoms with Gasteiger partial charge >= 0.3 is 5.97 Å². The molecule has 1 aromatic rings. The number of methoxy groups -OCH3 is 1. The molecule has 0 aliphatic rings. The number of hydrogen-bond acceptors (Lipinski definition) is 3. The Morgan fingerprint density at radius 1 is 1.56 bits per heavy atom. The summed E-state index contributed by atoms with van der Waals surface area (Å²) in [5.74, 6) is 4.69. The summed E-state index contributed by atoms with van der Waals surface area (Å²) in [6.45, 7) is 0. The zero-order chi connectivity index (χ0) is 12.0. The van der Waals surface area contributed by atoms with Crippen molar-refractivity contribution in [2.24, 2.45) is 0 Å². The van der Waals surface area contributed by atoms with E-state index in [0.717, 1.165) is 0 Å². The van der Waals surface area contributed by atoms with Crippen LogP contribution in [-0.2, 0) is 4.79 Å². The number of carboxylic acid groups (broad SMARTS) is 1. The molecule has 0 fully saturated rings. The first-order valence-electron chi connectivity index (χ1n) is 4.46. The molecule has 1 aromatic carbocycles. The second-order valence-corrected chi connectivity index (χ2v) is 2.90. The van der Waals surface area contributed by atoms with Crippen LogP contribution in [-0.4, -0.2) is 18.2 Å². The van der Waals surface area contributed by atoms with Crippen molar-refractivity contribution in [3.63, 3.8) is 0 Å². The summed E-state index contributed by atoms with van der Waals surface area (Å²) >= 11 is 0. The predicted molar refractivity (Wildman–Crippen MR) is 56.8 cm³/mol. The Kier molecular flexibility index (Phi) is 3.94. The van der Waals surface area contributed by atoms with Gasteiger partial charge in [0.1, 0.15) is 12.2 Å². The molecular formula is C12H9NO3. The van der Waals surface area contributed by atoms with E-state index in [2.05, 4.69) is 11.8 Å². The summed E-state index contributed by atoms with van der Waals surface area (Å²) < 4.78 is 5.04. The average molecular weight is 215 g/mol. The Hall–Kier alpha value is -2.46. The highest BCUT2D eigenvalue weighted by Crippen LogP contribution is 2.18. The lowest BCUT2D eigenvalue weighted by Gasteiger charge is -2.02. The lowest BCUT2D eigenvalue weighted by atomic mass is 10.1. The largest absolute Gasteiger partial charge is 0.495 e. The lowest BCUT2D eigenvalue weighted by Crippen LogP contribution is -1.92. The highest BCUT2D eigenvalue weighted by molar-refractivity contribution is 5.70. The molecule has 0 aliphatic heterocycles. The highest BCUT2D eigenvalue weighted by Gasteiger charge is 2.01. The third kappa shape index (κ3) is 3.04. The Morgan fingerprint density at radius 3 is 2.88 bits per heavy atom. The molecule has 0 aliphatic carbocycles. The Morgan fingerprint density at radius 2 is 2.31 bits per heavy atom. The van der Waals surface area contributed by atoms with E-state index in [9.17, 15) is 4.79 Å². The van der Waals surface area contributed by atoms with Crippen molar-refractivity contribution in [1.29, 1.82) is 5.26 Å². The fourth-order valence-electron chi connectivity index (χ4n) is 1.09. The fraction of sp³-hybridized carbons (Fsp3) is 0.167. The molecular weight excluding hydrogens is 206 g/mol. The van der Waals surface area contributed by atoms with E-state index in [1.54, 1.807) is 18.2 Å². The molecule has 0 saturated heterocycles. The van der Waals surface area contributed by atoms with Crippen LogP contribution in [0.4, 0.5) is 0 Å². The van der Waals surface area contributed by atoms with Crippen LogP contribution in [0.25, 0.3) is 0 Å². The van der Waals surface area contributed by atoms with E-state index in [-0.39, 0.29) is 6.42 Å². The summed E-state index contributed by atoms with van der Waals surface area (Å²) in [4.78, 5) is 10.3. The zero-order valence-electron chi connectivity index (χ0n) is 8.65. The smallest absolute Gasteiger partial charge is 0.315 e. The Bertz CT molecular complexity index is 503. The number of hydrogen-bond donors (Lipinski definition) is 1. The van der Waals surface area contributed by atoms with Crippen LogP contribution in [0.5, 0.6) is 5.75 Å². The summed E-state index contributed by atoms with van der Waals surface area (Å²) in [5.41, 5.74) is 0.975. The molecule has 4 heteroatoms. The van der Waals surface area contributed by atoms with Gasteiger partial charge in [0, 0.05) is 0 Å². The van der Waals surface area contributed by atoms with E-state index >= 15 is 0 Å². The van der Waals surface area contributed by atoms with Gasteiger partial charge in [0.05, 0.1) is 24.3 Å². The van der Waals surface area contributed by atoms with E-state index in [1.807, 2.05) is 6.07 Å². The number of benzene rings is 1. The predicted octanol–water partition coefficient (Wildman–Crippen LogP) is 1.39. The minimum Gasteiger partial charge on any atom is -0.495 e. The number of carboxylic acids is 1.